The van der Waals surface area contributed by atoms with E-state index in [4.69, 9.17) is 4.74 Å². The van der Waals surface area contributed by atoms with Crippen LogP contribution >= 0.6 is 0 Å². The van der Waals surface area contributed by atoms with Crippen LogP contribution in [0.4, 0.5) is 5.69 Å². The summed E-state index contributed by atoms with van der Waals surface area (Å²) in [5.41, 5.74) is 2.52. The van der Waals surface area contributed by atoms with Crippen molar-refractivity contribution < 1.29 is 17.9 Å². The number of rotatable bonds is 10. The average Bonchev–Trinajstić information content (AvgIpc) is 2.81. The molecule has 1 N–H and O–H groups in total. The van der Waals surface area contributed by atoms with Gasteiger partial charge in [0, 0.05) is 6.54 Å². The summed E-state index contributed by atoms with van der Waals surface area (Å²) in [5, 5.41) is 2.84. The van der Waals surface area contributed by atoms with E-state index in [1.165, 1.54) is 12.1 Å². The lowest BCUT2D eigenvalue weighted by Crippen LogP contribution is -2.41. The lowest BCUT2D eigenvalue weighted by Gasteiger charge is -2.24. The van der Waals surface area contributed by atoms with E-state index >= 15 is 0 Å². The van der Waals surface area contributed by atoms with E-state index in [2.05, 4.69) is 5.32 Å². The number of aryl methyl sites for hydroxylation is 2. The highest BCUT2D eigenvalue weighted by Gasteiger charge is 2.27. The molecule has 0 atom stereocenters. The molecule has 0 spiro atoms. The van der Waals surface area contributed by atoms with E-state index in [0.29, 0.717) is 12.2 Å². The maximum atomic E-state index is 13.3. The second kappa shape index (κ2) is 10.8. The first-order valence-electron chi connectivity index (χ1n) is 10.4. The molecule has 7 heteroatoms. The Balaban J connectivity index is 1.66. The maximum absolute atomic E-state index is 13.3. The van der Waals surface area contributed by atoms with Crippen LogP contribution in [0.2, 0.25) is 0 Å². The minimum absolute atomic E-state index is 0.147. The maximum Gasteiger partial charge on any atom is 0.264 e. The van der Waals surface area contributed by atoms with Crippen LogP contribution in [-0.4, -0.2) is 34.5 Å². The molecule has 0 radical (unpaired) electrons. The third-order valence-corrected chi connectivity index (χ3v) is 6.82. The number of ether oxygens (including phenoxy) is 1. The van der Waals surface area contributed by atoms with Gasteiger partial charge in [0.25, 0.3) is 10.0 Å². The van der Waals surface area contributed by atoms with Crippen LogP contribution in [0.3, 0.4) is 0 Å². The Labute approximate surface area is 189 Å². The first kappa shape index (κ1) is 23.3. The van der Waals surface area contributed by atoms with Gasteiger partial charge in [0.1, 0.15) is 12.3 Å². The standard InChI is InChI=1S/C25H28N2O4S/c1-20-8-6-10-22(18-20)27(32(29,30)24-11-4-3-5-12-24)19-25(28)26-17-7-9-21-13-15-23(31-2)16-14-21/h3-6,8,10-16,18H,7,9,17,19H2,1-2H3,(H,26,28). The molecule has 0 heterocycles. The molecule has 0 bridgehead atoms. The average molecular weight is 453 g/mol. The van der Waals surface area contributed by atoms with Crippen LogP contribution in [0.25, 0.3) is 0 Å². The molecule has 3 aromatic rings. The van der Waals surface area contributed by atoms with Crippen molar-refractivity contribution in [2.45, 2.75) is 24.7 Å². The summed E-state index contributed by atoms with van der Waals surface area (Å²) in [6, 6.07) is 23.1. The first-order chi connectivity index (χ1) is 15.4. The van der Waals surface area contributed by atoms with Crippen molar-refractivity contribution in [1.29, 1.82) is 0 Å². The van der Waals surface area contributed by atoms with Gasteiger partial charge in [-0.1, -0.05) is 42.5 Å². The molecule has 0 fully saturated rings. The Hall–Kier alpha value is -3.32. The fraction of sp³-hybridized carbons (Fsp3) is 0.240. The summed E-state index contributed by atoms with van der Waals surface area (Å²) >= 11 is 0. The number of benzene rings is 3. The van der Waals surface area contributed by atoms with Crippen LogP contribution in [0, 0.1) is 6.92 Å². The van der Waals surface area contributed by atoms with Crippen LogP contribution in [0.1, 0.15) is 17.5 Å². The Morgan fingerprint density at radius 2 is 1.69 bits per heavy atom. The number of carbonyl (C=O) groups excluding carboxylic acids is 1. The Kier molecular flexibility index (Phi) is 7.89. The second-order valence-electron chi connectivity index (χ2n) is 7.47. The number of hydrogen-bond donors (Lipinski definition) is 1. The minimum Gasteiger partial charge on any atom is -0.497 e. The van der Waals surface area contributed by atoms with Gasteiger partial charge in [0.2, 0.25) is 5.91 Å². The summed E-state index contributed by atoms with van der Waals surface area (Å²) in [6.07, 6.45) is 1.54. The molecular formula is C25H28N2O4S. The molecule has 0 aliphatic rings. The number of amides is 1. The van der Waals surface area contributed by atoms with Gasteiger partial charge in [-0.15, -0.1) is 0 Å². The summed E-state index contributed by atoms with van der Waals surface area (Å²) in [5.74, 6) is 0.457. The van der Waals surface area contributed by atoms with Gasteiger partial charge in [0.05, 0.1) is 17.7 Å². The van der Waals surface area contributed by atoms with Crippen LogP contribution < -0.4 is 14.4 Å². The monoisotopic (exact) mass is 452 g/mol. The SMILES string of the molecule is COc1ccc(CCCNC(=O)CN(c2cccc(C)c2)S(=O)(=O)c2ccccc2)cc1. The zero-order chi connectivity index (χ0) is 23.0. The fourth-order valence-electron chi connectivity index (χ4n) is 3.32. The highest BCUT2D eigenvalue weighted by molar-refractivity contribution is 7.92. The number of carbonyl (C=O) groups is 1. The number of nitrogens with one attached hydrogen (secondary N) is 1. The van der Waals surface area contributed by atoms with E-state index in [9.17, 15) is 13.2 Å². The number of nitrogens with zero attached hydrogens (tertiary/aromatic N) is 1. The topological polar surface area (TPSA) is 75.7 Å². The summed E-state index contributed by atoms with van der Waals surface area (Å²) in [7, 11) is -2.26. The molecule has 32 heavy (non-hydrogen) atoms. The Bertz CT molecular complexity index is 1130. The van der Waals surface area contributed by atoms with E-state index in [1.807, 2.05) is 37.3 Å². The molecular weight excluding hydrogens is 424 g/mol. The third kappa shape index (κ3) is 6.11. The fourth-order valence-corrected chi connectivity index (χ4v) is 4.75. The van der Waals surface area contributed by atoms with Gasteiger partial charge >= 0.3 is 0 Å². The van der Waals surface area contributed by atoms with E-state index < -0.39 is 10.0 Å². The quantitative estimate of drug-likeness (QED) is 0.473. The van der Waals surface area contributed by atoms with Crippen molar-refractivity contribution in [3.05, 3.63) is 90.0 Å². The molecule has 3 aromatic carbocycles. The van der Waals surface area contributed by atoms with Gasteiger partial charge < -0.3 is 10.1 Å². The Morgan fingerprint density at radius 3 is 2.34 bits per heavy atom. The highest BCUT2D eigenvalue weighted by Crippen LogP contribution is 2.24. The highest BCUT2D eigenvalue weighted by atomic mass is 32.2. The minimum atomic E-state index is -3.89. The molecule has 0 saturated heterocycles. The summed E-state index contributed by atoms with van der Waals surface area (Å²) in [4.78, 5) is 12.8. The van der Waals surface area contributed by atoms with E-state index in [1.54, 1.807) is 43.5 Å². The molecule has 3 rings (SSSR count). The largest absolute Gasteiger partial charge is 0.497 e. The van der Waals surface area contributed by atoms with Crippen LogP contribution in [-0.2, 0) is 21.2 Å². The molecule has 168 valence electrons. The molecule has 0 aliphatic carbocycles. The third-order valence-electron chi connectivity index (χ3n) is 5.03. The summed E-state index contributed by atoms with van der Waals surface area (Å²) < 4.78 is 32.9. The Morgan fingerprint density at radius 1 is 0.969 bits per heavy atom. The van der Waals surface area contributed by atoms with Gasteiger partial charge in [-0.2, -0.15) is 0 Å². The van der Waals surface area contributed by atoms with Crippen molar-refractivity contribution >= 4 is 21.6 Å². The van der Waals surface area contributed by atoms with Gasteiger partial charge in [-0.05, 0) is 67.3 Å². The number of sulfonamides is 1. The predicted molar refractivity (Wildman–Crippen MR) is 126 cm³/mol. The van der Waals surface area contributed by atoms with E-state index in [-0.39, 0.29) is 17.3 Å². The van der Waals surface area contributed by atoms with Crippen molar-refractivity contribution in [2.75, 3.05) is 24.5 Å². The molecule has 0 saturated carbocycles. The van der Waals surface area contributed by atoms with Crippen LogP contribution in [0.5, 0.6) is 5.75 Å². The zero-order valence-electron chi connectivity index (χ0n) is 18.3. The molecule has 6 nitrogen and oxygen atoms in total. The van der Waals surface area contributed by atoms with Gasteiger partial charge in [-0.3, -0.25) is 9.10 Å². The number of anilines is 1. The lowest BCUT2D eigenvalue weighted by atomic mass is 10.1. The molecule has 0 aliphatic heterocycles. The number of methoxy groups -OCH3 is 1. The lowest BCUT2D eigenvalue weighted by molar-refractivity contribution is -0.119. The van der Waals surface area contributed by atoms with Gasteiger partial charge in [0.15, 0.2) is 0 Å². The zero-order valence-corrected chi connectivity index (χ0v) is 19.1. The van der Waals surface area contributed by atoms with Crippen molar-refractivity contribution in [2.24, 2.45) is 0 Å². The van der Waals surface area contributed by atoms with Crippen molar-refractivity contribution in [1.82, 2.24) is 5.32 Å². The molecule has 0 unspecified atom stereocenters. The normalized spacial score (nSPS) is 11.1. The molecule has 1 amide bonds. The van der Waals surface area contributed by atoms with Crippen molar-refractivity contribution in [3.63, 3.8) is 0 Å². The van der Waals surface area contributed by atoms with Gasteiger partial charge in [-0.25, -0.2) is 8.42 Å². The van der Waals surface area contributed by atoms with E-state index in [0.717, 1.165) is 34.0 Å². The predicted octanol–water partition coefficient (Wildman–Crippen LogP) is 3.95. The summed E-state index contributed by atoms with van der Waals surface area (Å²) in [6.45, 7) is 2.05. The van der Waals surface area contributed by atoms with Crippen LogP contribution in [0.15, 0.2) is 83.8 Å². The smallest absolute Gasteiger partial charge is 0.264 e. The van der Waals surface area contributed by atoms with Crippen molar-refractivity contribution in [3.8, 4) is 5.75 Å². The second-order valence-corrected chi connectivity index (χ2v) is 9.33. The number of hydrogen-bond acceptors (Lipinski definition) is 4. The molecule has 0 aromatic heterocycles. The first-order valence-corrected chi connectivity index (χ1v) is 11.9.